The summed E-state index contributed by atoms with van der Waals surface area (Å²) in [5, 5.41) is 6.87. The molecule has 6 heteroatoms. The lowest BCUT2D eigenvalue weighted by Gasteiger charge is -2.34. The van der Waals surface area contributed by atoms with Gasteiger partial charge in [-0.15, -0.1) is 0 Å². The van der Waals surface area contributed by atoms with Crippen molar-refractivity contribution in [2.75, 3.05) is 38.1 Å². The van der Waals surface area contributed by atoms with Gasteiger partial charge < -0.3 is 25.0 Å². The smallest absolute Gasteiger partial charge is 0.235 e. The lowest BCUT2D eigenvalue weighted by molar-refractivity contribution is -0.118. The van der Waals surface area contributed by atoms with E-state index in [1.165, 1.54) is 11.3 Å². The van der Waals surface area contributed by atoms with E-state index < -0.39 is 5.41 Å². The van der Waals surface area contributed by atoms with Crippen LogP contribution in [0.4, 0.5) is 11.4 Å². The quantitative estimate of drug-likeness (QED) is 0.738. The predicted molar refractivity (Wildman–Crippen MR) is 122 cm³/mol. The molecular weight excluding hydrogens is 390 g/mol. The average molecular weight is 422 g/mol. The summed E-state index contributed by atoms with van der Waals surface area (Å²) in [4.78, 5) is 15.5. The van der Waals surface area contributed by atoms with Crippen LogP contribution in [0, 0.1) is 5.41 Å². The van der Waals surface area contributed by atoms with Gasteiger partial charge in [-0.2, -0.15) is 0 Å². The number of nitrogens with one attached hydrogen (secondary N) is 2. The first-order valence-corrected chi connectivity index (χ1v) is 11.0. The molecule has 1 atom stereocenters. The third-order valence-corrected chi connectivity index (χ3v) is 6.89. The molecule has 2 aromatic rings. The van der Waals surface area contributed by atoms with Gasteiger partial charge in [0.25, 0.3) is 0 Å². The van der Waals surface area contributed by atoms with Crippen molar-refractivity contribution in [3.05, 3.63) is 47.5 Å². The van der Waals surface area contributed by atoms with Crippen LogP contribution in [0.25, 0.3) is 0 Å². The van der Waals surface area contributed by atoms with E-state index >= 15 is 0 Å². The monoisotopic (exact) mass is 421 g/mol. The summed E-state index contributed by atoms with van der Waals surface area (Å²) in [6.45, 7) is 5.87. The highest BCUT2D eigenvalue weighted by Crippen LogP contribution is 2.51. The van der Waals surface area contributed by atoms with Crippen LogP contribution >= 0.6 is 0 Å². The molecule has 1 fully saturated rings. The Bertz CT molecular complexity index is 1030. The van der Waals surface area contributed by atoms with E-state index in [2.05, 4.69) is 55.6 Å². The Morgan fingerprint density at radius 3 is 2.68 bits per heavy atom. The first-order valence-electron chi connectivity index (χ1n) is 11.0. The van der Waals surface area contributed by atoms with Gasteiger partial charge in [0.15, 0.2) is 11.5 Å². The maximum atomic E-state index is 13.2. The van der Waals surface area contributed by atoms with Crippen LogP contribution in [-0.4, -0.2) is 44.3 Å². The zero-order chi connectivity index (χ0) is 21.8. The van der Waals surface area contributed by atoms with Crippen LogP contribution in [-0.2, 0) is 16.6 Å². The molecule has 0 radical (unpaired) electrons. The van der Waals surface area contributed by atoms with Crippen LogP contribution in [0.5, 0.6) is 11.5 Å². The maximum absolute atomic E-state index is 13.2. The van der Waals surface area contributed by atoms with Crippen molar-refractivity contribution < 1.29 is 14.3 Å². The fraction of sp³-hybridized carbons (Fsp3) is 0.480. The van der Waals surface area contributed by atoms with Gasteiger partial charge in [-0.05, 0) is 80.2 Å². The molecule has 1 aliphatic carbocycles. The van der Waals surface area contributed by atoms with Gasteiger partial charge in [-0.1, -0.05) is 19.9 Å². The second-order valence-electron chi connectivity index (χ2n) is 10.1. The number of hydrogen-bond acceptors (Lipinski definition) is 5. The van der Waals surface area contributed by atoms with Gasteiger partial charge in [0.1, 0.15) is 0 Å². The summed E-state index contributed by atoms with van der Waals surface area (Å²) in [6, 6.07) is 12.4. The van der Waals surface area contributed by atoms with Crippen LogP contribution < -0.4 is 20.1 Å². The van der Waals surface area contributed by atoms with Gasteiger partial charge in [0, 0.05) is 24.0 Å². The van der Waals surface area contributed by atoms with E-state index in [9.17, 15) is 4.79 Å². The summed E-state index contributed by atoms with van der Waals surface area (Å²) in [7, 11) is 4.23. The Kier molecular flexibility index (Phi) is 4.66. The van der Waals surface area contributed by atoms with Gasteiger partial charge in [-0.25, -0.2) is 0 Å². The highest BCUT2D eigenvalue weighted by molar-refractivity contribution is 6.01. The standard InChI is InChI=1S/C25H31N3O3/c1-24(2,14-28(3)4)22-12-16-11-18(6-7-19(16)27-22)26-23(29)25(9-10-25)17-5-8-20-21(13-17)31-15-30-20/h5-8,11,13,22,27H,9-10,12,14-15H2,1-4H3,(H,26,29). The SMILES string of the molecule is CN(C)CC(C)(C)C1Cc2cc(NC(=O)C3(c4ccc5c(c4)OCO5)CC3)ccc2N1. The van der Waals surface area contributed by atoms with E-state index in [0.717, 1.165) is 48.6 Å². The number of rotatable bonds is 6. The van der Waals surface area contributed by atoms with E-state index in [1.807, 2.05) is 24.3 Å². The number of benzene rings is 2. The van der Waals surface area contributed by atoms with Gasteiger partial charge >= 0.3 is 0 Å². The fourth-order valence-corrected chi connectivity index (χ4v) is 5.05. The summed E-state index contributed by atoms with van der Waals surface area (Å²) in [5.74, 6) is 1.53. The molecule has 0 saturated heterocycles. The van der Waals surface area contributed by atoms with E-state index in [-0.39, 0.29) is 18.1 Å². The van der Waals surface area contributed by atoms with Gasteiger partial charge in [-0.3, -0.25) is 4.79 Å². The maximum Gasteiger partial charge on any atom is 0.235 e. The Hall–Kier alpha value is -2.73. The molecule has 0 aromatic heterocycles. The molecule has 2 aliphatic heterocycles. The summed E-state index contributed by atoms with van der Waals surface area (Å²) < 4.78 is 10.9. The second kappa shape index (κ2) is 7.16. The molecule has 0 spiro atoms. The molecular formula is C25H31N3O3. The van der Waals surface area contributed by atoms with Crippen LogP contribution in [0.1, 0.15) is 37.8 Å². The molecule has 2 heterocycles. The number of fused-ring (bicyclic) bond motifs is 2. The van der Waals surface area contributed by atoms with Crippen molar-refractivity contribution >= 4 is 17.3 Å². The third kappa shape index (κ3) is 3.63. The minimum Gasteiger partial charge on any atom is -0.454 e. The van der Waals surface area contributed by atoms with Crippen molar-refractivity contribution in [1.29, 1.82) is 0 Å². The van der Waals surface area contributed by atoms with Crippen LogP contribution in [0.2, 0.25) is 0 Å². The molecule has 164 valence electrons. The minimum absolute atomic E-state index is 0.0572. The van der Waals surface area contributed by atoms with E-state index in [1.54, 1.807) is 0 Å². The zero-order valence-corrected chi connectivity index (χ0v) is 18.7. The normalized spacial score (nSPS) is 20.4. The minimum atomic E-state index is -0.464. The van der Waals surface area contributed by atoms with Crippen LogP contribution in [0.3, 0.4) is 0 Å². The molecule has 1 saturated carbocycles. The molecule has 2 aromatic carbocycles. The van der Waals surface area contributed by atoms with E-state index in [4.69, 9.17) is 9.47 Å². The zero-order valence-electron chi connectivity index (χ0n) is 18.7. The first kappa shape index (κ1) is 20.2. The topological polar surface area (TPSA) is 62.8 Å². The second-order valence-corrected chi connectivity index (χ2v) is 10.1. The number of anilines is 2. The predicted octanol–water partition coefficient (Wildman–Crippen LogP) is 4.01. The first-order chi connectivity index (χ1) is 14.8. The lowest BCUT2D eigenvalue weighted by Crippen LogP contribution is -2.42. The Morgan fingerprint density at radius 2 is 1.94 bits per heavy atom. The molecule has 1 amide bonds. The summed E-state index contributed by atoms with van der Waals surface area (Å²) >= 11 is 0. The average Bonchev–Trinajstić information content (AvgIpc) is 3.19. The largest absolute Gasteiger partial charge is 0.454 e. The van der Waals surface area contributed by atoms with Crippen molar-refractivity contribution in [2.24, 2.45) is 5.41 Å². The van der Waals surface area contributed by atoms with Crippen molar-refractivity contribution in [1.82, 2.24) is 4.90 Å². The van der Waals surface area contributed by atoms with Crippen LogP contribution in [0.15, 0.2) is 36.4 Å². The van der Waals surface area contributed by atoms with Crippen molar-refractivity contribution in [3.63, 3.8) is 0 Å². The van der Waals surface area contributed by atoms with Crippen molar-refractivity contribution in [3.8, 4) is 11.5 Å². The Morgan fingerprint density at radius 1 is 1.16 bits per heavy atom. The third-order valence-electron chi connectivity index (χ3n) is 6.89. The number of hydrogen-bond donors (Lipinski definition) is 2. The number of carbonyl (C=O) groups excluding carboxylic acids is 1. The molecule has 1 unspecified atom stereocenters. The molecule has 3 aliphatic rings. The lowest BCUT2D eigenvalue weighted by atomic mass is 9.82. The number of carbonyl (C=O) groups is 1. The Balaban J connectivity index is 1.30. The molecule has 0 bridgehead atoms. The number of nitrogens with zero attached hydrogens (tertiary/aromatic N) is 1. The number of amides is 1. The highest BCUT2D eigenvalue weighted by Gasteiger charge is 2.51. The summed E-state index contributed by atoms with van der Waals surface area (Å²) in [6.07, 6.45) is 2.67. The fourth-order valence-electron chi connectivity index (χ4n) is 5.05. The summed E-state index contributed by atoms with van der Waals surface area (Å²) in [5.41, 5.74) is 3.98. The van der Waals surface area contributed by atoms with Gasteiger partial charge in [0.05, 0.1) is 5.41 Å². The van der Waals surface area contributed by atoms with Gasteiger partial charge in [0.2, 0.25) is 12.7 Å². The molecule has 5 rings (SSSR count). The Labute approximate surface area is 183 Å². The molecule has 31 heavy (non-hydrogen) atoms. The van der Waals surface area contributed by atoms with E-state index in [0.29, 0.717) is 6.04 Å². The van der Waals surface area contributed by atoms with Crippen molar-refractivity contribution in [2.45, 2.75) is 44.6 Å². The molecule has 2 N–H and O–H groups in total. The highest BCUT2D eigenvalue weighted by atomic mass is 16.7. The number of ether oxygens (including phenoxy) is 2. The molecule has 6 nitrogen and oxygen atoms in total.